The Bertz CT molecular complexity index is 713. The summed E-state index contributed by atoms with van der Waals surface area (Å²) in [5, 5.41) is -0.386. The molecule has 132 valence electrons. The molecule has 3 aliphatic carbocycles. The second kappa shape index (κ2) is 6.02. The molecule has 2 bridgehead atoms. The number of nitrogens with one attached hydrogen (secondary N) is 1. The topological polar surface area (TPSA) is 76.1 Å². The van der Waals surface area contributed by atoms with Gasteiger partial charge in [-0.3, -0.25) is 4.79 Å². The Morgan fingerprint density at radius 2 is 1.75 bits per heavy atom. The first-order chi connectivity index (χ1) is 11.2. The molecule has 0 spiro atoms. The zero-order valence-corrected chi connectivity index (χ0v) is 13.5. The first-order valence-corrected chi connectivity index (χ1v) is 9.23. The summed E-state index contributed by atoms with van der Waals surface area (Å²) >= 11 is 0. The van der Waals surface area contributed by atoms with E-state index >= 15 is 0 Å². The molecule has 3 saturated carbocycles. The largest absolute Gasteiger partial charge is 0.392 e. The van der Waals surface area contributed by atoms with E-state index in [2.05, 4.69) is 4.98 Å². The summed E-state index contributed by atoms with van der Waals surface area (Å²) in [7, 11) is -4.27. The molecule has 0 aromatic carbocycles. The normalized spacial score (nSPS) is 30.1. The van der Waals surface area contributed by atoms with Crippen LogP contribution in [-0.4, -0.2) is 25.5 Å². The van der Waals surface area contributed by atoms with Crippen LogP contribution in [-0.2, 0) is 14.8 Å². The van der Waals surface area contributed by atoms with Gasteiger partial charge in [-0.15, -0.1) is 0 Å². The number of pyridine rings is 1. The van der Waals surface area contributed by atoms with Crippen molar-refractivity contribution in [3.63, 3.8) is 0 Å². The molecule has 1 heterocycles. The van der Waals surface area contributed by atoms with Crippen molar-refractivity contribution in [2.75, 3.05) is 0 Å². The third-order valence-corrected chi connectivity index (χ3v) is 6.31. The third-order valence-electron chi connectivity index (χ3n) is 5.05. The zero-order chi connectivity index (χ0) is 17.5. The monoisotopic (exact) mass is 362 g/mol. The second-order valence-corrected chi connectivity index (χ2v) is 8.04. The molecule has 1 aromatic heterocycles. The van der Waals surface area contributed by atoms with Gasteiger partial charge in [0.05, 0.1) is 11.8 Å². The van der Waals surface area contributed by atoms with E-state index in [9.17, 15) is 26.4 Å². The number of hydrogen-bond acceptors (Lipinski definition) is 4. The lowest BCUT2D eigenvalue weighted by molar-refractivity contribution is -0.228. The van der Waals surface area contributed by atoms with Crippen LogP contribution in [0.2, 0.25) is 0 Å². The van der Waals surface area contributed by atoms with Gasteiger partial charge in [-0.2, -0.15) is 21.6 Å². The number of aromatic nitrogens is 1. The van der Waals surface area contributed by atoms with Crippen LogP contribution in [0.4, 0.5) is 13.2 Å². The summed E-state index contributed by atoms with van der Waals surface area (Å²) < 4.78 is 66.4. The van der Waals surface area contributed by atoms with Crippen LogP contribution < -0.4 is 4.72 Å². The van der Waals surface area contributed by atoms with Crippen molar-refractivity contribution in [2.45, 2.75) is 36.9 Å². The highest BCUT2D eigenvalue weighted by Crippen LogP contribution is 2.54. The summed E-state index contributed by atoms with van der Waals surface area (Å²) in [5.41, 5.74) is 0. The fraction of sp³-hybridized carbons (Fsp3) is 0.600. The average molecular weight is 362 g/mol. The van der Waals surface area contributed by atoms with Crippen molar-refractivity contribution < 1.29 is 26.4 Å². The molecule has 0 aliphatic heterocycles. The second-order valence-electron chi connectivity index (χ2n) is 6.41. The molecule has 9 heteroatoms. The summed E-state index contributed by atoms with van der Waals surface area (Å²) in [5.74, 6) is -5.24. The first kappa shape index (κ1) is 17.2. The van der Waals surface area contributed by atoms with Crippen LogP contribution in [0, 0.1) is 23.7 Å². The van der Waals surface area contributed by atoms with Gasteiger partial charge in [-0.25, -0.2) is 9.71 Å². The van der Waals surface area contributed by atoms with Gasteiger partial charge in [0.25, 0.3) is 10.0 Å². The molecule has 0 unspecified atom stereocenters. The minimum Gasteiger partial charge on any atom is -0.274 e. The first-order valence-electron chi connectivity index (χ1n) is 7.74. The summed E-state index contributed by atoms with van der Waals surface area (Å²) in [6, 6.07) is 4.11. The van der Waals surface area contributed by atoms with Gasteiger partial charge in [0, 0.05) is 6.20 Å². The number of rotatable bonds is 3. The van der Waals surface area contributed by atoms with Gasteiger partial charge in [-0.05, 0) is 49.7 Å². The number of sulfonamides is 1. The van der Waals surface area contributed by atoms with E-state index in [-0.39, 0.29) is 5.03 Å². The molecule has 5 nitrogen and oxygen atoms in total. The van der Waals surface area contributed by atoms with Crippen LogP contribution in [0.3, 0.4) is 0 Å². The molecule has 3 aliphatic rings. The fourth-order valence-electron chi connectivity index (χ4n) is 4.06. The summed E-state index contributed by atoms with van der Waals surface area (Å²) in [6.45, 7) is 0. The Morgan fingerprint density at radius 3 is 2.29 bits per heavy atom. The molecule has 4 rings (SSSR count). The molecule has 1 N–H and O–H groups in total. The number of nitrogens with zero attached hydrogens (tertiary/aromatic N) is 1. The smallest absolute Gasteiger partial charge is 0.274 e. The van der Waals surface area contributed by atoms with Crippen LogP contribution in [0.25, 0.3) is 0 Å². The Hall–Kier alpha value is -1.64. The lowest BCUT2D eigenvalue weighted by Crippen LogP contribution is -2.53. The Kier molecular flexibility index (Phi) is 4.31. The third kappa shape index (κ3) is 3.13. The van der Waals surface area contributed by atoms with Gasteiger partial charge in [-0.1, -0.05) is 6.07 Å². The van der Waals surface area contributed by atoms with E-state index in [1.165, 1.54) is 24.4 Å². The summed E-state index contributed by atoms with van der Waals surface area (Å²) in [6.07, 6.45) is -1.35. The van der Waals surface area contributed by atoms with E-state index < -0.39 is 45.8 Å². The predicted molar refractivity (Wildman–Crippen MR) is 78.0 cm³/mol. The van der Waals surface area contributed by atoms with Gasteiger partial charge >= 0.3 is 6.18 Å². The fourth-order valence-corrected chi connectivity index (χ4v) is 5.02. The van der Waals surface area contributed by atoms with Crippen LogP contribution in [0.5, 0.6) is 0 Å². The molecular weight excluding hydrogens is 345 g/mol. The van der Waals surface area contributed by atoms with Crippen molar-refractivity contribution in [3.8, 4) is 0 Å². The highest BCUT2D eigenvalue weighted by molar-refractivity contribution is 7.90. The maximum Gasteiger partial charge on any atom is 0.392 e. The average Bonchev–Trinajstić information content (AvgIpc) is 2.54. The minimum atomic E-state index is -4.51. The molecule has 1 aromatic rings. The molecule has 24 heavy (non-hydrogen) atoms. The summed E-state index contributed by atoms with van der Waals surface area (Å²) in [4.78, 5) is 16.1. The van der Waals surface area contributed by atoms with Crippen LogP contribution in [0.15, 0.2) is 29.4 Å². The number of carbonyl (C=O) groups is 1. The van der Waals surface area contributed by atoms with Crippen molar-refractivity contribution >= 4 is 15.9 Å². The zero-order valence-electron chi connectivity index (χ0n) is 12.7. The predicted octanol–water partition coefficient (Wildman–Crippen LogP) is 2.50. The lowest BCUT2D eigenvalue weighted by Gasteiger charge is -2.48. The van der Waals surface area contributed by atoms with Gasteiger partial charge in [0.15, 0.2) is 5.03 Å². The standard InChI is InChI=1S/C15H17F3N2O3S/c16-15(17,18)13-10-6-4-9(5-7-10)12(13)14(21)20-24(22,23)11-3-1-2-8-19-11/h1-3,8-10,12-13H,4-7H2,(H,20,21)/t9?,10?,12-,13-/m0/s1. The molecule has 0 radical (unpaired) electrons. The van der Waals surface area contributed by atoms with Gasteiger partial charge in [0.2, 0.25) is 5.91 Å². The number of hydrogen-bond donors (Lipinski definition) is 1. The maximum atomic E-state index is 13.4. The Morgan fingerprint density at radius 1 is 1.12 bits per heavy atom. The SMILES string of the molecule is O=C(NS(=O)(=O)c1ccccn1)[C@H]1C2CCC(CC2)[C@@H]1C(F)(F)F. The number of alkyl halides is 3. The Balaban J connectivity index is 1.85. The number of halogens is 3. The van der Waals surface area contributed by atoms with E-state index in [0.717, 1.165) is 0 Å². The van der Waals surface area contributed by atoms with Crippen molar-refractivity contribution in [1.29, 1.82) is 0 Å². The molecule has 3 fully saturated rings. The maximum absolute atomic E-state index is 13.4. The highest BCUT2D eigenvalue weighted by atomic mass is 32.2. The molecule has 1 amide bonds. The lowest BCUT2D eigenvalue weighted by atomic mass is 9.58. The Labute approximate surface area is 137 Å². The molecule has 0 saturated heterocycles. The van der Waals surface area contributed by atoms with E-state index in [1.54, 1.807) is 4.72 Å². The van der Waals surface area contributed by atoms with Crippen molar-refractivity contribution in [1.82, 2.24) is 9.71 Å². The minimum absolute atomic E-state index is 0.386. The van der Waals surface area contributed by atoms with Gasteiger partial charge in [0.1, 0.15) is 0 Å². The van der Waals surface area contributed by atoms with E-state index in [1.807, 2.05) is 0 Å². The molecule has 2 atom stereocenters. The number of amides is 1. The highest BCUT2D eigenvalue weighted by Gasteiger charge is 2.58. The molecular formula is C15H17F3N2O3S. The van der Waals surface area contributed by atoms with Crippen molar-refractivity contribution in [3.05, 3.63) is 24.4 Å². The van der Waals surface area contributed by atoms with E-state index in [0.29, 0.717) is 25.7 Å². The van der Waals surface area contributed by atoms with E-state index in [4.69, 9.17) is 0 Å². The quantitative estimate of drug-likeness (QED) is 0.896. The number of fused-ring (bicyclic) bond motifs is 3. The van der Waals surface area contributed by atoms with Crippen molar-refractivity contribution in [2.24, 2.45) is 23.7 Å². The van der Waals surface area contributed by atoms with Crippen LogP contribution >= 0.6 is 0 Å². The van der Waals surface area contributed by atoms with Gasteiger partial charge < -0.3 is 0 Å². The van der Waals surface area contributed by atoms with Crippen LogP contribution in [0.1, 0.15) is 25.7 Å². The number of carbonyl (C=O) groups excluding carboxylic acids is 1.